The summed E-state index contributed by atoms with van der Waals surface area (Å²) < 4.78 is 9.90. The Kier molecular flexibility index (Phi) is 5.50. The van der Waals surface area contributed by atoms with Crippen molar-refractivity contribution < 1.29 is 14.3 Å². The van der Waals surface area contributed by atoms with Gasteiger partial charge in [0, 0.05) is 10.6 Å². The predicted molar refractivity (Wildman–Crippen MR) is 80.0 cm³/mol. The Labute approximate surface area is 122 Å². The van der Waals surface area contributed by atoms with E-state index in [9.17, 15) is 4.79 Å². The van der Waals surface area contributed by atoms with Crippen LogP contribution in [0.2, 0.25) is 0 Å². The number of carbonyl (C=O) groups is 1. The molecule has 0 fully saturated rings. The first-order valence-electron chi connectivity index (χ1n) is 6.24. The van der Waals surface area contributed by atoms with Crippen LogP contribution in [0.4, 0.5) is 0 Å². The first kappa shape index (κ1) is 14.5. The molecule has 0 atom stereocenters. The maximum atomic E-state index is 11.0. The summed E-state index contributed by atoms with van der Waals surface area (Å²) in [6.45, 7) is -0.0662. The van der Waals surface area contributed by atoms with Gasteiger partial charge in [0.25, 0.3) is 0 Å². The number of ether oxygens (including phenoxy) is 2. The molecule has 0 aliphatic heterocycles. The molecule has 2 aromatic rings. The van der Waals surface area contributed by atoms with Crippen LogP contribution in [0, 0.1) is 0 Å². The van der Waals surface area contributed by atoms with Crippen molar-refractivity contribution in [2.24, 2.45) is 0 Å². The third kappa shape index (κ3) is 4.63. The summed E-state index contributed by atoms with van der Waals surface area (Å²) in [7, 11) is 1.35. The Morgan fingerprint density at radius 3 is 2.65 bits per heavy atom. The Balaban J connectivity index is 1.90. The summed E-state index contributed by atoms with van der Waals surface area (Å²) in [5.41, 5.74) is 1.28. The van der Waals surface area contributed by atoms with Gasteiger partial charge in [0.05, 0.1) is 7.11 Å². The van der Waals surface area contributed by atoms with E-state index < -0.39 is 0 Å². The zero-order chi connectivity index (χ0) is 14.2. The highest BCUT2D eigenvalue weighted by atomic mass is 32.2. The highest BCUT2D eigenvalue weighted by Crippen LogP contribution is 2.26. The van der Waals surface area contributed by atoms with Crippen LogP contribution in [0.15, 0.2) is 59.5 Å². The fraction of sp³-hybridized carbons (Fsp3) is 0.188. The van der Waals surface area contributed by atoms with Gasteiger partial charge >= 0.3 is 5.97 Å². The van der Waals surface area contributed by atoms with E-state index in [0.717, 1.165) is 10.6 Å². The first-order valence-corrected chi connectivity index (χ1v) is 7.23. The van der Waals surface area contributed by atoms with Crippen LogP contribution < -0.4 is 4.74 Å². The minimum absolute atomic E-state index is 0.0662. The Morgan fingerprint density at radius 1 is 1.10 bits per heavy atom. The molecular weight excluding hydrogens is 272 g/mol. The zero-order valence-electron chi connectivity index (χ0n) is 11.2. The molecule has 2 aromatic carbocycles. The fourth-order valence-corrected chi connectivity index (χ4v) is 2.50. The van der Waals surface area contributed by atoms with Gasteiger partial charge in [-0.3, -0.25) is 0 Å². The van der Waals surface area contributed by atoms with E-state index in [1.165, 1.54) is 12.7 Å². The molecule has 0 radical (unpaired) electrons. The van der Waals surface area contributed by atoms with E-state index in [1.807, 2.05) is 42.5 Å². The van der Waals surface area contributed by atoms with Crippen molar-refractivity contribution in [1.82, 2.24) is 0 Å². The molecule has 0 bridgehead atoms. The molecule has 0 aliphatic rings. The molecule has 0 unspecified atom stereocenters. The van der Waals surface area contributed by atoms with Crippen molar-refractivity contribution in [3.05, 3.63) is 60.2 Å². The van der Waals surface area contributed by atoms with Gasteiger partial charge < -0.3 is 9.47 Å². The lowest BCUT2D eigenvalue weighted by atomic mass is 10.2. The van der Waals surface area contributed by atoms with Crippen LogP contribution in [-0.4, -0.2) is 19.7 Å². The number of methoxy groups -OCH3 is 1. The SMILES string of the molecule is COC(=O)COc1cccc(SCc2ccccc2)c1. The summed E-state index contributed by atoms with van der Waals surface area (Å²) in [4.78, 5) is 12.1. The van der Waals surface area contributed by atoms with Crippen LogP contribution in [0.5, 0.6) is 5.75 Å². The topological polar surface area (TPSA) is 35.5 Å². The molecule has 0 saturated carbocycles. The molecule has 2 rings (SSSR count). The van der Waals surface area contributed by atoms with E-state index in [2.05, 4.69) is 16.9 Å². The smallest absolute Gasteiger partial charge is 0.343 e. The highest BCUT2D eigenvalue weighted by molar-refractivity contribution is 7.98. The van der Waals surface area contributed by atoms with Gasteiger partial charge in [-0.15, -0.1) is 11.8 Å². The summed E-state index contributed by atoms with van der Waals surface area (Å²) in [5.74, 6) is 1.20. The Hall–Kier alpha value is -1.94. The normalized spacial score (nSPS) is 10.1. The van der Waals surface area contributed by atoms with E-state index in [1.54, 1.807) is 11.8 Å². The van der Waals surface area contributed by atoms with Gasteiger partial charge in [0.15, 0.2) is 6.61 Å². The van der Waals surface area contributed by atoms with Crippen molar-refractivity contribution in [2.75, 3.05) is 13.7 Å². The Bertz CT molecular complexity index is 555. The molecule has 0 heterocycles. The molecule has 0 amide bonds. The Morgan fingerprint density at radius 2 is 1.90 bits per heavy atom. The van der Waals surface area contributed by atoms with E-state index >= 15 is 0 Å². The number of benzene rings is 2. The van der Waals surface area contributed by atoms with Gasteiger partial charge in [-0.05, 0) is 23.8 Å². The minimum atomic E-state index is -0.382. The van der Waals surface area contributed by atoms with E-state index in [-0.39, 0.29) is 12.6 Å². The van der Waals surface area contributed by atoms with Crippen LogP contribution in [0.3, 0.4) is 0 Å². The molecule has 3 nitrogen and oxygen atoms in total. The summed E-state index contributed by atoms with van der Waals surface area (Å²) in [6.07, 6.45) is 0. The average molecular weight is 288 g/mol. The second-order valence-electron chi connectivity index (χ2n) is 4.11. The van der Waals surface area contributed by atoms with Crippen molar-refractivity contribution in [3.8, 4) is 5.75 Å². The molecule has 0 spiro atoms. The molecule has 0 saturated heterocycles. The number of rotatable bonds is 6. The lowest BCUT2D eigenvalue weighted by molar-refractivity contribution is -0.142. The molecule has 20 heavy (non-hydrogen) atoms. The monoisotopic (exact) mass is 288 g/mol. The number of hydrogen-bond donors (Lipinski definition) is 0. The van der Waals surface area contributed by atoms with Crippen molar-refractivity contribution in [1.29, 1.82) is 0 Å². The van der Waals surface area contributed by atoms with Crippen LogP contribution >= 0.6 is 11.8 Å². The first-order chi connectivity index (χ1) is 9.78. The second kappa shape index (κ2) is 7.60. The number of thioether (sulfide) groups is 1. The second-order valence-corrected chi connectivity index (χ2v) is 5.16. The van der Waals surface area contributed by atoms with Gasteiger partial charge in [0.2, 0.25) is 0 Å². The van der Waals surface area contributed by atoms with Gasteiger partial charge in [-0.2, -0.15) is 0 Å². The van der Waals surface area contributed by atoms with E-state index in [0.29, 0.717) is 5.75 Å². The molecule has 104 valence electrons. The third-order valence-electron chi connectivity index (χ3n) is 2.64. The van der Waals surface area contributed by atoms with Gasteiger partial charge in [-0.25, -0.2) is 4.79 Å². The number of hydrogen-bond acceptors (Lipinski definition) is 4. The summed E-state index contributed by atoms with van der Waals surface area (Å²) in [5, 5.41) is 0. The molecule has 0 aliphatic carbocycles. The quantitative estimate of drug-likeness (QED) is 0.602. The molecule has 0 aromatic heterocycles. The highest BCUT2D eigenvalue weighted by Gasteiger charge is 2.03. The van der Waals surface area contributed by atoms with Crippen molar-refractivity contribution in [2.45, 2.75) is 10.6 Å². The van der Waals surface area contributed by atoms with Crippen LogP contribution in [-0.2, 0) is 15.3 Å². The largest absolute Gasteiger partial charge is 0.482 e. The zero-order valence-corrected chi connectivity index (χ0v) is 12.1. The standard InChI is InChI=1S/C16H16O3S/c1-18-16(17)11-19-14-8-5-9-15(10-14)20-12-13-6-3-2-4-7-13/h2-10H,11-12H2,1H3. The van der Waals surface area contributed by atoms with Gasteiger partial charge in [-0.1, -0.05) is 36.4 Å². The summed E-state index contributed by atoms with van der Waals surface area (Å²) in [6, 6.07) is 18.0. The summed E-state index contributed by atoms with van der Waals surface area (Å²) >= 11 is 1.73. The minimum Gasteiger partial charge on any atom is -0.482 e. The maximum Gasteiger partial charge on any atom is 0.343 e. The van der Waals surface area contributed by atoms with Crippen LogP contribution in [0.1, 0.15) is 5.56 Å². The predicted octanol–water partition coefficient (Wildman–Crippen LogP) is 3.53. The number of carbonyl (C=O) groups excluding carboxylic acids is 1. The average Bonchev–Trinajstić information content (AvgIpc) is 2.52. The van der Waals surface area contributed by atoms with E-state index in [4.69, 9.17) is 4.74 Å². The molecule has 4 heteroatoms. The van der Waals surface area contributed by atoms with Gasteiger partial charge in [0.1, 0.15) is 5.75 Å². The lowest BCUT2D eigenvalue weighted by Gasteiger charge is -2.07. The third-order valence-corrected chi connectivity index (χ3v) is 3.70. The maximum absolute atomic E-state index is 11.0. The molecular formula is C16H16O3S. The number of esters is 1. The van der Waals surface area contributed by atoms with Crippen molar-refractivity contribution in [3.63, 3.8) is 0 Å². The molecule has 0 N–H and O–H groups in total. The fourth-order valence-electron chi connectivity index (χ4n) is 1.60. The lowest BCUT2D eigenvalue weighted by Crippen LogP contribution is -2.12. The van der Waals surface area contributed by atoms with Crippen LogP contribution in [0.25, 0.3) is 0 Å². The van der Waals surface area contributed by atoms with Crippen molar-refractivity contribution >= 4 is 17.7 Å².